The molecular formula is C13H10NNaS. The summed E-state index contributed by atoms with van der Waals surface area (Å²) in [6, 6.07) is 14.6. The molecule has 0 saturated carbocycles. The maximum Gasteiger partial charge on any atom is 1.00 e. The Bertz CT molecular complexity index is 590. The minimum Gasteiger partial charge on any atom is -1.00 e. The first-order valence-corrected chi connectivity index (χ1v) is 5.71. The molecule has 16 heavy (non-hydrogen) atoms. The first kappa shape index (κ1) is 11.8. The molecule has 0 bridgehead atoms. The van der Waals surface area contributed by atoms with Gasteiger partial charge in [-0.3, -0.25) is 4.98 Å². The van der Waals surface area contributed by atoms with E-state index in [9.17, 15) is 0 Å². The molecule has 0 N–H and O–H groups in total. The van der Waals surface area contributed by atoms with E-state index < -0.39 is 0 Å². The van der Waals surface area contributed by atoms with E-state index >= 15 is 0 Å². The molecule has 0 aliphatic rings. The molecule has 0 spiro atoms. The van der Waals surface area contributed by atoms with E-state index in [0.717, 1.165) is 5.52 Å². The summed E-state index contributed by atoms with van der Waals surface area (Å²) >= 11 is 1.75. The Morgan fingerprint density at radius 2 is 1.88 bits per heavy atom. The standard InChI is InChI=1S/C13H9NS.Na.H/c1-4-10-5-2-8-14-13(10)11(6-1)12-7-3-9-15-12;;/h1-9H;;/q;+1;-1. The average Bonchev–Trinajstić information content (AvgIpc) is 2.82. The summed E-state index contributed by atoms with van der Waals surface area (Å²) in [7, 11) is 0. The van der Waals surface area contributed by atoms with E-state index in [1.807, 2.05) is 12.3 Å². The van der Waals surface area contributed by atoms with Crippen molar-refractivity contribution in [2.75, 3.05) is 0 Å². The Morgan fingerprint density at radius 1 is 1.00 bits per heavy atom. The van der Waals surface area contributed by atoms with E-state index in [1.54, 1.807) is 11.3 Å². The number of thiophene rings is 1. The molecule has 0 atom stereocenters. The number of pyridine rings is 1. The van der Waals surface area contributed by atoms with Crippen LogP contribution < -0.4 is 29.6 Å². The molecule has 0 saturated heterocycles. The van der Waals surface area contributed by atoms with Gasteiger partial charge < -0.3 is 1.43 Å². The van der Waals surface area contributed by atoms with E-state index in [1.165, 1.54) is 15.8 Å². The molecule has 1 nitrogen and oxygen atoms in total. The number of aromatic nitrogens is 1. The molecular weight excluding hydrogens is 225 g/mol. The topological polar surface area (TPSA) is 12.9 Å². The van der Waals surface area contributed by atoms with Crippen molar-refractivity contribution in [1.82, 2.24) is 4.98 Å². The first-order chi connectivity index (χ1) is 7.45. The quantitative estimate of drug-likeness (QED) is 0.575. The molecule has 0 amide bonds. The zero-order chi connectivity index (χ0) is 10.1. The number of hydrogen-bond acceptors (Lipinski definition) is 2. The van der Waals surface area contributed by atoms with Crippen molar-refractivity contribution in [3.8, 4) is 10.4 Å². The van der Waals surface area contributed by atoms with Gasteiger partial charge in [0, 0.05) is 22.0 Å². The Morgan fingerprint density at radius 3 is 2.69 bits per heavy atom. The van der Waals surface area contributed by atoms with Crippen LogP contribution >= 0.6 is 11.3 Å². The number of para-hydroxylation sites is 1. The van der Waals surface area contributed by atoms with Gasteiger partial charge in [-0.05, 0) is 17.5 Å². The van der Waals surface area contributed by atoms with Gasteiger partial charge in [-0.2, -0.15) is 0 Å². The summed E-state index contributed by atoms with van der Waals surface area (Å²) in [5, 5.41) is 3.29. The van der Waals surface area contributed by atoms with Crippen LogP contribution in [0.1, 0.15) is 1.43 Å². The third-order valence-electron chi connectivity index (χ3n) is 2.42. The number of nitrogens with zero attached hydrogens (tertiary/aromatic N) is 1. The van der Waals surface area contributed by atoms with Crippen LogP contribution in [-0.2, 0) is 0 Å². The smallest absolute Gasteiger partial charge is 1.00 e. The minimum absolute atomic E-state index is 0. The molecule has 1 aromatic carbocycles. The van der Waals surface area contributed by atoms with Gasteiger partial charge in [-0.1, -0.05) is 30.3 Å². The largest absolute Gasteiger partial charge is 1.00 e. The summed E-state index contributed by atoms with van der Waals surface area (Å²) in [5.74, 6) is 0. The van der Waals surface area contributed by atoms with Crippen LogP contribution in [0.4, 0.5) is 0 Å². The van der Waals surface area contributed by atoms with Crippen molar-refractivity contribution in [3.05, 3.63) is 54.0 Å². The SMILES string of the molecule is [H-].[Na+].c1csc(-c2cccc3cccnc23)c1. The second kappa shape index (κ2) is 5.11. The number of fused-ring (bicyclic) bond motifs is 1. The molecule has 3 aromatic rings. The Balaban J connectivity index is 0.000000722. The van der Waals surface area contributed by atoms with E-state index in [0.29, 0.717) is 0 Å². The fourth-order valence-corrected chi connectivity index (χ4v) is 2.49. The van der Waals surface area contributed by atoms with Crippen LogP contribution in [0.5, 0.6) is 0 Å². The zero-order valence-electron chi connectivity index (χ0n) is 10.1. The Labute approximate surface area is 122 Å². The molecule has 0 radical (unpaired) electrons. The monoisotopic (exact) mass is 235 g/mol. The predicted molar refractivity (Wildman–Crippen MR) is 66.2 cm³/mol. The molecule has 74 valence electrons. The van der Waals surface area contributed by atoms with E-state index in [-0.39, 0.29) is 31.0 Å². The van der Waals surface area contributed by atoms with Crippen LogP contribution in [0.3, 0.4) is 0 Å². The van der Waals surface area contributed by atoms with Gasteiger partial charge in [-0.15, -0.1) is 11.3 Å². The maximum atomic E-state index is 4.44. The van der Waals surface area contributed by atoms with Gasteiger partial charge in [0.05, 0.1) is 5.52 Å². The second-order valence-electron chi connectivity index (χ2n) is 3.36. The van der Waals surface area contributed by atoms with Crippen molar-refractivity contribution in [2.24, 2.45) is 0 Å². The van der Waals surface area contributed by atoms with Gasteiger partial charge in [0.15, 0.2) is 0 Å². The first-order valence-electron chi connectivity index (χ1n) is 4.83. The summed E-state index contributed by atoms with van der Waals surface area (Å²) < 4.78 is 0. The van der Waals surface area contributed by atoms with Gasteiger partial charge in [-0.25, -0.2) is 0 Å². The summed E-state index contributed by atoms with van der Waals surface area (Å²) in [4.78, 5) is 5.72. The second-order valence-corrected chi connectivity index (χ2v) is 4.31. The van der Waals surface area contributed by atoms with Crippen LogP contribution in [-0.4, -0.2) is 4.98 Å². The zero-order valence-corrected chi connectivity index (χ0v) is 11.9. The van der Waals surface area contributed by atoms with Crippen molar-refractivity contribution in [3.63, 3.8) is 0 Å². The Hall–Kier alpha value is -0.670. The number of benzene rings is 1. The maximum absolute atomic E-state index is 4.44. The fourth-order valence-electron chi connectivity index (χ4n) is 1.73. The van der Waals surface area contributed by atoms with Gasteiger partial charge in [0.2, 0.25) is 0 Å². The number of rotatable bonds is 1. The van der Waals surface area contributed by atoms with E-state index in [4.69, 9.17) is 0 Å². The molecule has 2 aromatic heterocycles. The predicted octanol–water partition coefficient (Wildman–Crippen LogP) is 1.08. The van der Waals surface area contributed by atoms with Crippen molar-refractivity contribution in [2.45, 2.75) is 0 Å². The van der Waals surface area contributed by atoms with Crippen molar-refractivity contribution < 1.29 is 31.0 Å². The van der Waals surface area contributed by atoms with Crippen LogP contribution in [0.25, 0.3) is 21.3 Å². The molecule has 0 aliphatic carbocycles. The molecule has 0 fully saturated rings. The van der Waals surface area contributed by atoms with Crippen molar-refractivity contribution >= 4 is 22.2 Å². The van der Waals surface area contributed by atoms with Crippen molar-refractivity contribution in [1.29, 1.82) is 0 Å². The molecule has 3 heteroatoms. The third kappa shape index (κ3) is 2.06. The van der Waals surface area contributed by atoms with Gasteiger partial charge in [0.25, 0.3) is 0 Å². The fraction of sp³-hybridized carbons (Fsp3) is 0. The van der Waals surface area contributed by atoms with Crippen LogP contribution in [0, 0.1) is 0 Å². The summed E-state index contributed by atoms with van der Waals surface area (Å²) in [6.07, 6.45) is 1.85. The summed E-state index contributed by atoms with van der Waals surface area (Å²) in [6.45, 7) is 0. The molecule has 0 aliphatic heterocycles. The van der Waals surface area contributed by atoms with Crippen LogP contribution in [0.2, 0.25) is 0 Å². The van der Waals surface area contributed by atoms with Crippen LogP contribution in [0.15, 0.2) is 54.0 Å². The average molecular weight is 235 g/mol. The number of hydrogen-bond donors (Lipinski definition) is 0. The van der Waals surface area contributed by atoms with Gasteiger partial charge >= 0.3 is 29.6 Å². The molecule has 3 rings (SSSR count). The minimum atomic E-state index is 0. The molecule has 0 unspecified atom stereocenters. The van der Waals surface area contributed by atoms with E-state index in [2.05, 4.69) is 46.8 Å². The Kier molecular flexibility index (Phi) is 3.77. The third-order valence-corrected chi connectivity index (χ3v) is 3.32. The molecule has 2 heterocycles. The van der Waals surface area contributed by atoms with Gasteiger partial charge in [0.1, 0.15) is 0 Å². The normalized spacial score (nSPS) is 10.0. The summed E-state index contributed by atoms with van der Waals surface area (Å²) in [5.41, 5.74) is 2.31.